The fourth-order valence-electron chi connectivity index (χ4n) is 2.60. The summed E-state index contributed by atoms with van der Waals surface area (Å²) in [5.41, 5.74) is 4.77. The third kappa shape index (κ3) is 5.06. The van der Waals surface area contributed by atoms with Gasteiger partial charge in [0.15, 0.2) is 0 Å². The molecule has 1 aliphatic carbocycles. The van der Waals surface area contributed by atoms with E-state index >= 15 is 0 Å². The lowest BCUT2D eigenvalue weighted by Gasteiger charge is -2.23. The van der Waals surface area contributed by atoms with Crippen molar-refractivity contribution in [2.75, 3.05) is 17.1 Å². The second kappa shape index (κ2) is 7.59. The lowest BCUT2D eigenvalue weighted by Crippen LogP contribution is -2.39. The van der Waals surface area contributed by atoms with Crippen LogP contribution in [0.5, 0.6) is 0 Å². The van der Waals surface area contributed by atoms with E-state index in [1.54, 1.807) is 12.1 Å². The van der Waals surface area contributed by atoms with Crippen LogP contribution in [0.1, 0.15) is 37.7 Å². The summed E-state index contributed by atoms with van der Waals surface area (Å²) in [4.78, 5) is 12.1. The molecule has 126 valence electrons. The zero-order chi connectivity index (χ0) is 16.9. The fraction of sp³-hybridized carbons (Fsp3) is 0.500. The van der Waals surface area contributed by atoms with Crippen LogP contribution >= 0.6 is 0 Å². The number of anilines is 1. The Bertz CT molecular complexity index is 690. The topological polar surface area (TPSA) is 78.8 Å². The number of hydrogen-bond donors (Lipinski definition) is 1. The minimum Gasteiger partial charge on any atom is -0.271 e. The van der Waals surface area contributed by atoms with Crippen molar-refractivity contribution in [3.05, 3.63) is 29.8 Å². The molecule has 2 rings (SSSR count). The van der Waals surface area contributed by atoms with Gasteiger partial charge >= 0.3 is 0 Å². The molecule has 1 aliphatic rings. The Morgan fingerprint density at radius 1 is 1.22 bits per heavy atom. The number of benzene rings is 1. The van der Waals surface area contributed by atoms with Crippen molar-refractivity contribution < 1.29 is 13.2 Å². The third-order valence-electron chi connectivity index (χ3n) is 3.84. The first-order chi connectivity index (χ1) is 10.9. The van der Waals surface area contributed by atoms with Crippen molar-refractivity contribution in [1.29, 1.82) is 0 Å². The standard InChI is InChI=1S/C16H23N3O3S/c1-13-8-6-7-11-15(13)19(23(2,21)22)12-16(20)18-17-14-9-4-3-5-10-14/h6-8,11H,3-5,9-10,12H2,1-2H3,(H,18,20). The number of carbonyl (C=O) groups excluding carboxylic acids is 1. The average Bonchev–Trinajstić information content (AvgIpc) is 2.51. The van der Waals surface area contributed by atoms with Crippen LogP contribution in [0, 0.1) is 6.92 Å². The monoisotopic (exact) mass is 337 g/mol. The predicted molar refractivity (Wildman–Crippen MR) is 92.0 cm³/mol. The number of aryl methyl sites for hydroxylation is 1. The first-order valence-corrected chi connectivity index (χ1v) is 9.60. The third-order valence-corrected chi connectivity index (χ3v) is 4.97. The Balaban J connectivity index is 2.09. The molecule has 0 atom stereocenters. The van der Waals surface area contributed by atoms with E-state index < -0.39 is 15.9 Å². The van der Waals surface area contributed by atoms with Crippen molar-refractivity contribution in [3.8, 4) is 0 Å². The molecule has 0 radical (unpaired) electrons. The van der Waals surface area contributed by atoms with Crippen molar-refractivity contribution in [1.82, 2.24) is 5.43 Å². The molecule has 6 nitrogen and oxygen atoms in total. The minimum atomic E-state index is -3.55. The highest BCUT2D eigenvalue weighted by Crippen LogP contribution is 2.21. The molecule has 1 saturated carbocycles. The highest BCUT2D eigenvalue weighted by molar-refractivity contribution is 7.92. The van der Waals surface area contributed by atoms with Gasteiger partial charge in [-0.2, -0.15) is 5.10 Å². The van der Waals surface area contributed by atoms with E-state index in [1.165, 1.54) is 6.42 Å². The molecule has 0 aromatic heterocycles. The fourth-order valence-corrected chi connectivity index (χ4v) is 3.52. The van der Waals surface area contributed by atoms with E-state index in [0.29, 0.717) is 5.69 Å². The molecule has 0 unspecified atom stereocenters. The lowest BCUT2D eigenvalue weighted by atomic mass is 9.99. The first-order valence-electron chi connectivity index (χ1n) is 7.75. The molecule has 0 aliphatic heterocycles. The summed E-state index contributed by atoms with van der Waals surface area (Å²) in [5, 5.41) is 4.13. The molecule has 0 heterocycles. The van der Waals surface area contributed by atoms with Gasteiger partial charge in [-0.3, -0.25) is 9.10 Å². The Morgan fingerprint density at radius 2 is 1.87 bits per heavy atom. The summed E-state index contributed by atoms with van der Waals surface area (Å²) in [7, 11) is -3.55. The molecule has 1 amide bonds. The Labute approximate surface area is 137 Å². The number of hydrogen-bond acceptors (Lipinski definition) is 4. The molecular formula is C16H23N3O3S. The molecule has 1 aromatic rings. The number of carbonyl (C=O) groups is 1. The van der Waals surface area contributed by atoms with Crippen LogP contribution in [0.25, 0.3) is 0 Å². The Kier molecular flexibility index (Phi) is 5.76. The summed E-state index contributed by atoms with van der Waals surface area (Å²) >= 11 is 0. The number of nitrogens with zero attached hydrogens (tertiary/aromatic N) is 2. The Morgan fingerprint density at radius 3 is 2.48 bits per heavy atom. The van der Waals surface area contributed by atoms with Gasteiger partial charge in [0.25, 0.3) is 5.91 Å². The largest absolute Gasteiger partial charge is 0.271 e. The summed E-state index contributed by atoms with van der Waals surface area (Å²) in [6.45, 7) is 1.54. The van der Waals surface area contributed by atoms with Crippen molar-refractivity contribution in [3.63, 3.8) is 0 Å². The molecule has 0 saturated heterocycles. The highest BCUT2D eigenvalue weighted by Gasteiger charge is 2.22. The second-order valence-electron chi connectivity index (χ2n) is 5.83. The summed E-state index contributed by atoms with van der Waals surface area (Å²) in [6, 6.07) is 7.08. The van der Waals surface area contributed by atoms with Crippen LogP contribution < -0.4 is 9.73 Å². The maximum atomic E-state index is 12.1. The van der Waals surface area contributed by atoms with Gasteiger partial charge in [-0.05, 0) is 44.2 Å². The number of nitrogens with one attached hydrogen (secondary N) is 1. The van der Waals surface area contributed by atoms with Gasteiger partial charge in [0.2, 0.25) is 10.0 Å². The number of amides is 1. The van der Waals surface area contributed by atoms with Crippen LogP contribution in [0.2, 0.25) is 0 Å². The quantitative estimate of drug-likeness (QED) is 0.837. The van der Waals surface area contributed by atoms with Gasteiger partial charge < -0.3 is 0 Å². The zero-order valence-electron chi connectivity index (χ0n) is 13.6. The van der Waals surface area contributed by atoms with Gasteiger partial charge in [0.1, 0.15) is 6.54 Å². The maximum absolute atomic E-state index is 12.1. The normalized spacial score (nSPS) is 15.1. The molecule has 23 heavy (non-hydrogen) atoms. The van der Waals surface area contributed by atoms with Gasteiger partial charge in [0, 0.05) is 5.71 Å². The summed E-state index contributed by atoms with van der Waals surface area (Å²) in [6.07, 6.45) is 6.27. The van der Waals surface area contributed by atoms with Crippen LogP contribution in [-0.4, -0.2) is 32.8 Å². The minimum absolute atomic E-state index is 0.277. The molecular weight excluding hydrogens is 314 g/mol. The van der Waals surface area contributed by atoms with Crippen LogP contribution in [-0.2, 0) is 14.8 Å². The van der Waals surface area contributed by atoms with E-state index in [9.17, 15) is 13.2 Å². The number of rotatable bonds is 5. The molecule has 0 bridgehead atoms. The maximum Gasteiger partial charge on any atom is 0.260 e. The molecule has 1 N–H and O–H groups in total. The predicted octanol–water partition coefficient (Wildman–Crippen LogP) is 2.20. The van der Waals surface area contributed by atoms with Gasteiger partial charge in [0.05, 0.1) is 11.9 Å². The van der Waals surface area contributed by atoms with E-state index in [0.717, 1.165) is 47.5 Å². The number of sulfonamides is 1. The number of hydrazone groups is 1. The molecule has 0 spiro atoms. The van der Waals surface area contributed by atoms with E-state index in [1.807, 2.05) is 19.1 Å². The highest BCUT2D eigenvalue weighted by atomic mass is 32.2. The van der Waals surface area contributed by atoms with Crippen molar-refractivity contribution in [2.24, 2.45) is 5.10 Å². The second-order valence-corrected chi connectivity index (χ2v) is 7.74. The van der Waals surface area contributed by atoms with E-state index in [4.69, 9.17) is 0 Å². The van der Waals surface area contributed by atoms with Crippen LogP contribution in [0.15, 0.2) is 29.4 Å². The molecule has 1 aromatic carbocycles. The van der Waals surface area contributed by atoms with Gasteiger partial charge in [-0.25, -0.2) is 13.8 Å². The summed E-state index contributed by atoms with van der Waals surface area (Å²) < 4.78 is 25.2. The van der Waals surface area contributed by atoms with Crippen LogP contribution in [0.3, 0.4) is 0 Å². The Hall–Kier alpha value is -1.89. The van der Waals surface area contributed by atoms with Crippen LogP contribution in [0.4, 0.5) is 5.69 Å². The first kappa shape index (κ1) is 17.5. The molecule has 1 fully saturated rings. The van der Waals surface area contributed by atoms with E-state index in [-0.39, 0.29) is 6.54 Å². The van der Waals surface area contributed by atoms with E-state index in [2.05, 4.69) is 10.5 Å². The molecule has 7 heteroatoms. The van der Waals surface area contributed by atoms with Crippen molar-refractivity contribution in [2.45, 2.75) is 39.0 Å². The van der Waals surface area contributed by atoms with Gasteiger partial charge in [-0.15, -0.1) is 0 Å². The smallest absolute Gasteiger partial charge is 0.260 e. The average molecular weight is 337 g/mol. The lowest BCUT2D eigenvalue weighted by molar-refractivity contribution is -0.119. The number of para-hydroxylation sites is 1. The van der Waals surface area contributed by atoms with Gasteiger partial charge in [-0.1, -0.05) is 24.6 Å². The summed E-state index contributed by atoms with van der Waals surface area (Å²) in [5.74, 6) is -0.434. The zero-order valence-corrected chi connectivity index (χ0v) is 14.4. The van der Waals surface area contributed by atoms with Crippen molar-refractivity contribution >= 4 is 27.3 Å². The SMILES string of the molecule is Cc1ccccc1N(CC(=O)NN=C1CCCCC1)S(C)(=O)=O.